The number of benzene rings is 2. The monoisotopic (exact) mass is 378 g/mol. The van der Waals surface area contributed by atoms with E-state index in [1.165, 1.54) is 5.56 Å². The molecule has 3 rings (SSSR count). The zero-order valence-corrected chi connectivity index (χ0v) is 16.1. The Hall–Kier alpha value is -1.55. The third kappa shape index (κ3) is 4.00. The molecule has 1 aliphatic heterocycles. The van der Waals surface area contributed by atoms with Crippen LogP contribution >= 0.6 is 24.0 Å². The summed E-state index contributed by atoms with van der Waals surface area (Å²) >= 11 is 6.10. The third-order valence-electron chi connectivity index (χ3n) is 4.96. The quantitative estimate of drug-likeness (QED) is 0.877. The van der Waals surface area contributed by atoms with Crippen molar-refractivity contribution in [3.63, 3.8) is 0 Å². The van der Waals surface area contributed by atoms with Crippen molar-refractivity contribution in [2.24, 2.45) is 5.73 Å². The summed E-state index contributed by atoms with van der Waals surface area (Å²) < 4.78 is 0. The number of nitrogens with two attached hydrogens (primary N) is 1. The molecule has 1 aliphatic rings. The van der Waals surface area contributed by atoms with Crippen molar-refractivity contribution in [2.45, 2.75) is 31.2 Å². The minimum atomic E-state index is -0.629. The van der Waals surface area contributed by atoms with Gasteiger partial charge in [0.2, 0.25) is 5.91 Å². The predicted octanol–water partition coefficient (Wildman–Crippen LogP) is 3.99. The molecule has 0 aliphatic carbocycles. The number of hydrogen-bond acceptors (Lipinski definition) is 2. The van der Waals surface area contributed by atoms with Crippen molar-refractivity contribution in [2.75, 3.05) is 13.1 Å². The number of halogens is 2. The normalized spacial score (nSPS) is 20.2. The Morgan fingerprint density at radius 2 is 1.80 bits per heavy atom. The van der Waals surface area contributed by atoms with Gasteiger partial charge in [0.05, 0.1) is 5.41 Å². The summed E-state index contributed by atoms with van der Waals surface area (Å²) in [6.07, 6.45) is 0. The van der Waals surface area contributed by atoms with Crippen molar-refractivity contribution in [1.82, 2.24) is 4.90 Å². The number of hydrogen-bond donors (Lipinski definition) is 1. The Balaban J connectivity index is 0.00000225. The standard InChI is InChI=1S/C20H23ClN2O.ClH/c1-20(2,15-9-6-10-16(21)11-15)19(24)23-12-17(18(22)13-23)14-7-4-3-5-8-14;/h3-11,17-18H,12-13,22H2,1-2H3;1H/t17-,18+;/m0./s1. The zero-order chi connectivity index (χ0) is 17.3. The number of carbonyl (C=O) groups is 1. The Kier molecular flexibility index (Phi) is 6.15. The van der Waals surface area contributed by atoms with Crippen LogP contribution in [-0.4, -0.2) is 29.9 Å². The van der Waals surface area contributed by atoms with Gasteiger partial charge < -0.3 is 10.6 Å². The number of carbonyl (C=O) groups excluding carboxylic acids is 1. The molecule has 1 fully saturated rings. The summed E-state index contributed by atoms with van der Waals surface area (Å²) in [5.41, 5.74) is 7.82. The molecule has 3 nitrogen and oxygen atoms in total. The molecule has 134 valence electrons. The van der Waals surface area contributed by atoms with Crippen molar-refractivity contribution in [3.8, 4) is 0 Å². The van der Waals surface area contributed by atoms with Crippen LogP contribution in [-0.2, 0) is 10.2 Å². The molecule has 0 spiro atoms. The van der Waals surface area contributed by atoms with E-state index in [-0.39, 0.29) is 30.3 Å². The maximum Gasteiger partial charge on any atom is 0.232 e. The van der Waals surface area contributed by atoms with Crippen LogP contribution in [0.5, 0.6) is 0 Å². The maximum absolute atomic E-state index is 13.1. The van der Waals surface area contributed by atoms with Gasteiger partial charge in [-0.25, -0.2) is 0 Å². The summed E-state index contributed by atoms with van der Waals surface area (Å²) in [4.78, 5) is 15.0. The summed E-state index contributed by atoms with van der Waals surface area (Å²) in [5.74, 6) is 0.281. The molecule has 0 bridgehead atoms. The SMILES string of the molecule is CC(C)(C(=O)N1C[C@@H](N)[C@H](c2ccccc2)C1)c1cccc(Cl)c1.Cl. The molecule has 2 atom stereocenters. The molecule has 25 heavy (non-hydrogen) atoms. The Morgan fingerprint density at radius 3 is 2.44 bits per heavy atom. The molecule has 2 N–H and O–H groups in total. The van der Waals surface area contributed by atoms with Crippen LogP contribution in [0.2, 0.25) is 5.02 Å². The fourth-order valence-electron chi connectivity index (χ4n) is 3.44. The highest BCUT2D eigenvalue weighted by Gasteiger charge is 2.40. The molecule has 5 heteroatoms. The van der Waals surface area contributed by atoms with E-state index in [1.54, 1.807) is 0 Å². The molecule has 2 aromatic rings. The lowest BCUT2D eigenvalue weighted by molar-refractivity contribution is -0.135. The van der Waals surface area contributed by atoms with Crippen LogP contribution in [0.15, 0.2) is 54.6 Å². The van der Waals surface area contributed by atoms with Gasteiger partial charge in [-0.05, 0) is 37.1 Å². The lowest BCUT2D eigenvalue weighted by Crippen LogP contribution is -2.43. The van der Waals surface area contributed by atoms with Crippen molar-refractivity contribution < 1.29 is 4.79 Å². The van der Waals surface area contributed by atoms with Gasteiger partial charge in [0.15, 0.2) is 0 Å². The largest absolute Gasteiger partial charge is 0.340 e. The molecular weight excluding hydrogens is 355 g/mol. The highest BCUT2D eigenvalue weighted by molar-refractivity contribution is 6.30. The van der Waals surface area contributed by atoms with Gasteiger partial charge in [-0.3, -0.25) is 4.79 Å². The van der Waals surface area contributed by atoms with Gasteiger partial charge in [-0.15, -0.1) is 12.4 Å². The van der Waals surface area contributed by atoms with E-state index in [9.17, 15) is 4.79 Å². The molecule has 2 aromatic carbocycles. The minimum absolute atomic E-state index is 0. The van der Waals surface area contributed by atoms with Crippen LogP contribution in [0.4, 0.5) is 0 Å². The first-order valence-corrected chi connectivity index (χ1v) is 8.63. The average Bonchev–Trinajstić information content (AvgIpc) is 2.96. The van der Waals surface area contributed by atoms with Crippen molar-refractivity contribution >= 4 is 29.9 Å². The van der Waals surface area contributed by atoms with E-state index < -0.39 is 5.41 Å². The van der Waals surface area contributed by atoms with Gasteiger partial charge in [0.1, 0.15) is 0 Å². The Morgan fingerprint density at radius 1 is 1.12 bits per heavy atom. The second kappa shape index (κ2) is 7.77. The van der Waals surface area contributed by atoms with Crippen LogP contribution in [0.3, 0.4) is 0 Å². The van der Waals surface area contributed by atoms with E-state index in [2.05, 4.69) is 12.1 Å². The second-order valence-electron chi connectivity index (χ2n) is 7.03. The van der Waals surface area contributed by atoms with Gasteiger partial charge in [0.25, 0.3) is 0 Å². The lowest BCUT2D eigenvalue weighted by atomic mass is 9.83. The third-order valence-corrected chi connectivity index (χ3v) is 5.20. The second-order valence-corrected chi connectivity index (χ2v) is 7.46. The van der Waals surface area contributed by atoms with E-state index in [0.717, 1.165) is 5.56 Å². The number of nitrogens with zero attached hydrogens (tertiary/aromatic N) is 1. The molecular formula is C20H24Cl2N2O. The molecule has 0 aromatic heterocycles. The summed E-state index contributed by atoms with van der Waals surface area (Å²) in [6.45, 7) is 5.14. The van der Waals surface area contributed by atoms with E-state index in [0.29, 0.717) is 18.1 Å². The van der Waals surface area contributed by atoms with Crippen molar-refractivity contribution in [1.29, 1.82) is 0 Å². The number of amides is 1. The first-order chi connectivity index (χ1) is 11.4. The Labute approximate surface area is 160 Å². The van der Waals surface area contributed by atoms with Gasteiger partial charge in [-0.1, -0.05) is 54.1 Å². The summed E-state index contributed by atoms with van der Waals surface area (Å²) in [6, 6.07) is 17.7. The van der Waals surface area contributed by atoms with E-state index >= 15 is 0 Å². The summed E-state index contributed by atoms with van der Waals surface area (Å²) in [7, 11) is 0. The number of likely N-dealkylation sites (tertiary alicyclic amines) is 1. The van der Waals surface area contributed by atoms with Gasteiger partial charge >= 0.3 is 0 Å². The number of rotatable bonds is 3. The van der Waals surface area contributed by atoms with Crippen LogP contribution < -0.4 is 5.73 Å². The van der Waals surface area contributed by atoms with E-state index in [1.807, 2.05) is 61.2 Å². The molecule has 0 radical (unpaired) electrons. The Bertz CT molecular complexity index is 733. The van der Waals surface area contributed by atoms with Crippen LogP contribution in [0, 0.1) is 0 Å². The molecule has 1 heterocycles. The molecule has 1 saturated heterocycles. The molecule has 1 amide bonds. The maximum atomic E-state index is 13.1. The fourth-order valence-corrected chi connectivity index (χ4v) is 3.63. The minimum Gasteiger partial charge on any atom is -0.340 e. The lowest BCUT2D eigenvalue weighted by Gasteiger charge is -2.30. The van der Waals surface area contributed by atoms with Crippen molar-refractivity contribution in [3.05, 3.63) is 70.7 Å². The fraction of sp³-hybridized carbons (Fsp3) is 0.350. The van der Waals surface area contributed by atoms with Crippen LogP contribution in [0.25, 0.3) is 0 Å². The molecule has 0 saturated carbocycles. The smallest absolute Gasteiger partial charge is 0.232 e. The average molecular weight is 379 g/mol. The van der Waals surface area contributed by atoms with E-state index in [4.69, 9.17) is 17.3 Å². The first kappa shape index (κ1) is 19.8. The first-order valence-electron chi connectivity index (χ1n) is 8.25. The zero-order valence-electron chi connectivity index (χ0n) is 14.5. The highest BCUT2D eigenvalue weighted by atomic mass is 35.5. The molecule has 0 unspecified atom stereocenters. The summed E-state index contributed by atoms with van der Waals surface area (Å²) in [5, 5.41) is 0.647. The highest BCUT2D eigenvalue weighted by Crippen LogP contribution is 2.32. The topological polar surface area (TPSA) is 46.3 Å². The van der Waals surface area contributed by atoms with Gasteiger partial charge in [-0.2, -0.15) is 0 Å². The van der Waals surface area contributed by atoms with Gasteiger partial charge in [0, 0.05) is 30.1 Å². The van der Waals surface area contributed by atoms with Crippen LogP contribution in [0.1, 0.15) is 30.9 Å². The predicted molar refractivity (Wildman–Crippen MR) is 105 cm³/mol.